The number of carbonyl (C=O) groups excluding carboxylic acids is 1. The second-order valence-corrected chi connectivity index (χ2v) is 9.22. The first-order valence-corrected chi connectivity index (χ1v) is 12.1. The molecule has 3 aromatic rings. The number of benzene rings is 2. The Balaban J connectivity index is 1.53. The van der Waals surface area contributed by atoms with Crippen molar-refractivity contribution in [1.82, 2.24) is 19.7 Å². The van der Waals surface area contributed by atoms with Crippen molar-refractivity contribution in [2.45, 2.75) is 57.1 Å². The van der Waals surface area contributed by atoms with Gasteiger partial charge < -0.3 is 4.90 Å². The summed E-state index contributed by atoms with van der Waals surface area (Å²) in [7, 11) is 0. The van der Waals surface area contributed by atoms with Gasteiger partial charge in [-0.05, 0) is 57.2 Å². The highest BCUT2D eigenvalue weighted by Gasteiger charge is 2.24. The molecule has 0 radical (unpaired) electrons. The number of likely N-dealkylation sites (tertiary alicyclic amines) is 1. The number of rotatable bonds is 7. The van der Waals surface area contributed by atoms with Gasteiger partial charge in [0.05, 0.1) is 5.75 Å². The molecule has 0 unspecified atom stereocenters. The van der Waals surface area contributed by atoms with Crippen LogP contribution in [0.1, 0.15) is 43.1 Å². The molecule has 0 N–H and O–H groups in total. The minimum Gasteiger partial charge on any atom is -0.339 e. The van der Waals surface area contributed by atoms with E-state index in [1.807, 2.05) is 11.0 Å². The fourth-order valence-corrected chi connectivity index (χ4v) is 4.94. The summed E-state index contributed by atoms with van der Waals surface area (Å²) in [6, 6.07) is 19.2. The van der Waals surface area contributed by atoms with Crippen LogP contribution < -0.4 is 0 Å². The monoisotopic (exact) mass is 434 g/mol. The molecule has 0 saturated carbocycles. The van der Waals surface area contributed by atoms with Crippen molar-refractivity contribution >= 4 is 17.7 Å². The van der Waals surface area contributed by atoms with E-state index in [9.17, 15) is 4.79 Å². The van der Waals surface area contributed by atoms with E-state index in [1.54, 1.807) is 0 Å². The minimum atomic E-state index is 0.196. The highest BCUT2D eigenvalue weighted by molar-refractivity contribution is 7.99. The third-order valence-electron chi connectivity index (χ3n) is 5.92. The zero-order valence-corrected chi connectivity index (χ0v) is 19.1. The molecular formula is C25H30N4OS. The van der Waals surface area contributed by atoms with E-state index >= 15 is 0 Å². The van der Waals surface area contributed by atoms with Gasteiger partial charge in [0.1, 0.15) is 5.82 Å². The molecule has 0 aliphatic carbocycles. The summed E-state index contributed by atoms with van der Waals surface area (Å²) in [5, 5.41) is 9.75. The summed E-state index contributed by atoms with van der Waals surface area (Å²) in [5.74, 6) is 1.52. The molecule has 1 atom stereocenters. The van der Waals surface area contributed by atoms with Gasteiger partial charge in [-0.3, -0.25) is 9.36 Å². The number of hydrogen-bond donors (Lipinski definition) is 0. The van der Waals surface area contributed by atoms with E-state index in [4.69, 9.17) is 0 Å². The Bertz CT molecular complexity index is 1000. The smallest absolute Gasteiger partial charge is 0.233 e. The van der Waals surface area contributed by atoms with Crippen molar-refractivity contribution in [3.63, 3.8) is 0 Å². The second kappa shape index (κ2) is 10.1. The van der Waals surface area contributed by atoms with Gasteiger partial charge in [0.25, 0.3) is 0 Å². The molecule has 1 amide bonds. The SMILES string of the molecule is Cc1ccc(-n2c(CCc3ccccc3)nnc2SCC(=O)N2CCCC[C@H]2C)cc1. The summed E-state index contributed by atoms with van der Waals surface area (Å²) >= 11 is 1.49. The Morgan fingerprint density at radius 2 is 1.81 bits per heavy atom. The molecule has 6 heteroatoms. The first kappa shape index (κ1) is 21.6. The summed E-state index contributed by atoms with van der Waals surface area (Å²) in [4.78, 5) is 14.9. The molecule has 1 aromatic heterocycles. The van der Waals surface area contributed by atoms with E-state index in [0.29, 0.717) is 11.8 Å². The van der Waals surface area contributed by atoms with Gasteiger partial charge in [-0.2, -0.15) is 0 Å². The predicted molar refractivity (Wildman–Crippen MR) is 126 cm³/mol. The number of aromatic nitrogens is 3. The maximum Gasteiger partial charge on any atom is 0.233 e. The van der Waals surface area contributed by atoms with Crippen LogP contribution in [-0.2, 0) is 17.6 Å². The fraction of sp³-hybridized carbons (Fsp3) is 0.400. The van der Waals surface area contributed by atoms with Crippen molar-refractivity contribution in [2.24, 2.45) is 0 Å². The topological polar surface area (TPSA) is 51.0 Å². The first-order chi connectivity index (χ1) is 15.1. The normalized spacial score (nSPS) is 16.5. The molecule has 1 aliphatic rings. The Morgan fingerprint density at radius 1 is 1.03 bits per heavy atom. The van der Waals surface area contributed by atoms with Gasteiger partial charge in [0, 0.05) is 24.7 Å². The van der Waals surface area contributed by atoms with Crippen molar-refractivity contribution in [2.75, 3.05) is 12.3 Å². The zero-order valence-electron chi connectivity index (χ0n) is 18.3. The van der Waals surface area contributed by atoms with Crippen LogP contribution in [0.3, 0.4) is 0 Å². The van der Waals surface area contributed by atoms with Crippen molar-refractivity contribution < 1.29 is 4.79 Å². The Hall–Kier alpha value is -2.60. The van der Waals surface area contributed by atoms with Gasteiger partial charge in [-0.15, -0.1) is 10.2 Å². The summed E-state index contributed by atoms with van der Waals surface area (Å²) in [6.07, 6.45) is 5.11. The number of nitrogens with zero attached hydrogens (tertiary/aromatic N) is 4. The van der Waals surface area contributed by atoms with E-state index < -0.39 is 0 Å². The minimum absolute atomic E-state index is 0.196. The standard InChI is InChI=1S/C25H30N4OS/c1-19-11-14-22(15-12-19)29-23(16-13-21-9-4-3-5-10-21)26-27-25(29)31-18-24(30)28-17-7-6-8-20(28)2/h3-5,9-12,14-15,20H,6-8,13,16-18H2,1-2H3/t20-/m1/s1. The van der Waals surface area contributed by atoms with Gasteiger partial charge >= 0.3 is 0 Å². The molecule has 1 saturated heterocycles. The lowest BCUT2D eigenvalue weighted by molar-refractivity contribution is -0.131. The largest absolute Gasteiger partial charge is 0.339 e. The maximum absolute atomic E-state index is 12.8. The fourth-order valence-electron chi connectivity index (χ4n) is 4.09. The van der Waals surface area contributed by atoms with Gasteiger partial charge in [-0.1, -0.05) is 59.8 Å². The summed E-state index contributed by atoms with van der Waals surface area (Å²) < 4.78 is 2.11. The van der Waals surface area contributed by atoms with Gasteiger partial charge in [0.2, 0.25) is 5.91 Å². The van der Waals surface area contributed by atoms with Crippen LogP contribution in [-0.4, -0.2) is 43.9 Å². The first-order valence-electron chi connectivity index (χ1n) is 11.1. The van der Waals surface area contributed by atoms with Crippen molar-refractivity contribution in [3.8, 4) is 5.69 Å². The molecule has 2 aromatic carbocycles. The third kappa shape index (κ3) is 5.37. The molecule has 162 valence electrons. The van der Waals surface area contributed by atoms with E-state index in [2.05, 4.69) is 77.1 Å². The van der Waals surface area contributed by atoms with Crippen LogP contribution in [0.15, 0.2) is 59.8 Å². The van der Waals surface area contributed by atoms with E-state index in [-0.39, 0.29) is 5.91 Å². The zero-order chi connectivity index (χ0) is 21.6. The Morgan fingerprint density at radius 3 is 2.55 bits per heavy atom. The van der Waals surface area contributed by atoms with Crippen LogP contribution in [0.25, 0.3) is 5.69 Å². The Kier molecular flexibility index (Phi) is 7.07. The van der Waals surface area contributed by atoms with Crippen LogP contribution in [0.2, 0.25) is 0 Å². The number of thioether (sulfide) groups is 1. The quantitative estimate of drug-likeness (QED) is 0.499. The predicted octanol–water partition coefficient (Wildman–Crippen LogP) is 4.85. The number of carbonyl (C=O) groups is 1. The lowest BCUT2D eigenvalue weighted by atomic mass is 10.0. The van der Waals surface area contributed by atoms with E-state index in [1.165, 1.54) is 29.3 Å². The number of aryl methyl sites for hydroxylation is 3. The molecule has 31 heavy (non-hydrogen) atoms. The van der Waals surface area contributed by atoms with Crippen LogP contribution >= 0.6 is 11.8 Å². The molecular weight excluding hydrogens is 404 g/mol. The molecule has 0 bridgehead atoms. The van der Waals surface area contributed by atoms with Gasteiger partial charge in [0.15, 0.2) is 5.16 Å². The molecule has 5 nitrogen and oxygen atoms in total. The highest BCUT2D eigenvalue weighted by atomic mass is 32.2. The highest BCUT2D eigenvalue weighted by Crippen LogP contribution is 2.25. The lowest BCUT2D eigenvalue weighted by Crippen LogP contribution is -2.42. The number of amides is 1. The average Bonchev–Trinajstić information content (AvgIpc) is 3.20. The molecule has 1 fully saturated rings. The van der Waals surface area contributed by atoms with E-state index in [0.717, 1.165) is 48.9 Å². The molecule has 1 aliphatic heterocycles. The van der Waals surface area contributed by atoms with Gasteiger partial charge in [-0.25, -0.2) is 0 Å². The lowest BCUT2D eigenvalue weighted by Gasteiger charge is -2.33. The van der Waals surface area contributed by atoms with Crippen LogP contribution in [0.5, 0.6) is 0 Å². The molecule has 4 rings (SSSR count). The summed E-state index contributed by atoms with van der Waals surface area (Å²) in [6.45, 7) is 5.10. The summed E-state index contributed by atoms with van der Waals surface area (Å²) in [5.41, 5.74) is 3.54. The molecule has 2 heterocycles. The van der Waals surface area contributed by atoms with Crippen LogP contribution in [0.4, 0.5) is 0 Å². The second-order valence-electron chi connectivity index (χ2n) is 8.28. The third-order valence-corrected chi connectivity index (χ3v) is 6.83. The van der Waals surface area contributed by atoms with Crippen molar-refractivity contribution in [3.05, 3.63) is 71.5 Å². The maximum atomic E-state index is 12.8. The number of hydrogen-bond acceptors (Lipinski definition) is 4. The Labute approximate surface area is 188 Å². The van der Waals surface area contributed by atoms with Crippen molar-refractivity contribution in [1.29, 1.82) is 0 Å². The van der Waals surface area contributed by atoms with Crippen LogP contribution in [0, 0.1) is 6.92 Å². The number of piperidine rings is 1. The average molecular weight is 435 g/mol. The molecule has 0 spiro atoms.